The number of alkyl halides is 3. The van der Waals surface area contributed by atoms with Crippen LogP contribution in [0.4, 0.5) is 23.7 Å². The van der Waals surface area contributed by atoms with Crippen molar-refractivity contribution >= 4 is 17.7 Å². The molecule has 0 bridgehead atoms. The van der Waals surface area contributed by atoms with Crippen LogP contribution in [0.5, 0.6) is 5.75 Å². The van der Waals surface area contributed by atoms with Gasteiger partial charge in [-0.25, -0.2) is 9.59 Å². The summed E-state index contributed by atoms with van der Waals surface area (Å²) >= 11 is 0. The van der Waals surface area contributed by atoms with Crippen LogP contribution in [0, 0.1) is 0 Å². The molecule has 1 fully saturated rings. The van der Waals surface area contributed by atoms with Crippen LogP contribution in [-0.4, -0.2) is 66.6 Å². The van der Waals surface area contributed by atoms with E-state index in [9.17, 15) is 22.8 Å². The number of benzene rings is 1. The van der Waals surface area contributed by atoms with Crippen molar-refractivity contribution in [1.29, 1.82) is 0 Å². The van der Waals surface area contributed by atoms with Crippen LogP contribution in [-0.2, 0) is 16.0 Å². The van der Waals surface area contributed by atoms with Gasteiger partial charge >= 0.3 is 18.4 Å². The smallest absolute Gasteiger partial charge is 0.462 e. The number of ether oxygens (including phenoxy) is 3. The minimum atomic E-state index is -4.94. The molecule has 1 aromatic rings. The zero-order valence-corrected chi connectivity index (χ0v) is 18.0. The maximum absolute atomic E-state index is 12.9. The molecule has 2 rings (SSSR count). The monoisotopic (exact) mass is 447 g/mol. The SMILES string of the molecule is CCOC(=O)c1cc(OC(F)(F)F)c(CN2CCN(C(=O)OC(C)(C)C)CC2)cc1N. The van der Waals surface area contributed by atoms with Gasteiger partial charge in [-0.15, -0.1) is 13.2 Å². The van der Waals surface area contributed by atoms with Crippen molar-refractivity contribution in [2.24, 2.45) is 0 Å². The van der Waals surface area contributed by atoms with Crippen LogP contribution >= 0.6 is 0 Å². The summed E-state index contributed by atoms with van der Waals surface area (Å²) in [5.41, 5.74) is 5.25. The molecule has 11 heteroatoms. The van der Waals surface area contributed by atoms with Gasteiger partial charge < -0.3 is 24.8 Å². The van der Waals surface area contributed by atoms with Crippen LogP contribution < -0.4 is 10.5 Å². The Morgan fingerprint density at radius 1 is 1.10 bits per heavy atom. The lowest BCUT2D eigenvalue weighted by atomic mass is 10.1. The molecule has 0 saturated carbocycles. The van der Waals surface area contributed by atoms with Crippen LogP contribution in [0.25, 0.3) is 0 Å². The first-order chi connectivity index (χ1) is 14.3. The normalized spacial score (nSPS) is 15.5. The van der Waals surface area contributed by atoms with Gasteiger partial charge in [-0.05, 0) is 39.8 Å². The Morgan fingerprint density at radius 3 is 2.23 bits per heavy atom. The molecule has 174 valence electrons. The molecule has 2 N–H and O–H groups in total. The molecule has 0 unspecified atom stereocenters. The van der Waals surface area contributed by atoms with E-state index in [1.54, 1.807) is 32.6 Å². The molecule has 0 aromatic heterocycles. The van der Waals surface area contributed by atoms with Crippen LogP contribution in [0.2, 0.25) is 0 Å². The first kappa shape index (κ1) is 24.6. The maximum atomic E-state index is 12.9. The quantitative estimate of drug-likeness (QED) is 0.546. The lowest BCUT2D eigenvalue weighted by Gasteiger charge is -2.35. The fraction of sp³-hybridized carbons (Fsp3) is 0.600. The van der Waals surface area contributed by atoms with Crippen molar-refractivity contribution in [2.45, 2.75) is 46.2 Å². The van der Waals surface area contributed by atoms with Crippen molar-refractivity contribution in [2.75, 3.05) is 38.5 Å². The highest BCUT2D eigenvalue weighted by Crippen LogP contribution is 2.32. The van der Waals surface area contributed by atoms with E-state index in [1.165, 1.54) is 6.07 Å². The van der Waals surface area contributed by atoms with E-state index < -0.39 is 29.8 Å². The number of nitrogens with zero attached hydrogens (tertiary/aromatic N) is 2. The number of amides is 1. The van der Waals surface area contributed by atoms with E-state index in [-0.39, 0.29) is 30.0 Å². The van der Waals surface area contributed by atoms with Crippen LogP contribution in [0.1, 0.15) is 43.6 Å². The number of piperazine rings is 1. The highest BCUT2D eigenvalue weighted by molar-refractivity contribution is 5.95. The second-order valence-corrected chi connectivity index (χ2v) is 8.06. The predicted octanol–water partition coefficient (Wildman–Crippen LogP) is 3.40. The summed E-state index contributed by atoms with van der Waals surface area (Å²) in [6, 6.07) is 2.24. The number of hydrogen-bond donors (Lipinski definition) is 1. The number of carbonyl (C=O) groups excluding carboxylic acids is 2. The van der Waals surface area contributed by atoms with Gasteiger partial charge in [-0.3, -0.25) is 4.90 Å². The Kier molecular flexibility index (Phi) is 7.63. The van der Waals surface area contributed by atoms with Crippen molar-refractivity contribution in [3.8, 4) is 5.75 Å². The summed E-state index contributed by atoms with van der Waals surface area (Å²) in [5, 5.41) is 0. The molecule has 1 saturated heterocycles. The maximum Gasteiger partial charge on any atom is 0.573 e. The average molecular weight is 447 g/mol. The van der Waals surface area contributed by atoms with Gasteiger partial charge in [0.05, 0.1) is 12.2 Å². The molecule has 1 aromatic carbocycles. The summed E-state index contributed by atoms with van der Waals surface area (Å²) in [4.78, 5) is 27.6. The largest absolute Gasteiger partial charge is 0.573 e. The molecular weight excluding hydrogens is 419 g/mol. The standard InChI is InChI=1S/C20H28F3N3O5/c1-5-29-17(27)14-11-16(30-20(21,22)23)13(10-15(14)24)12-25-6-8-26(9-7-25)18(28)31-19(2,3)4/h10-11H,5-9,12,24H2,1-4H3. The number of esters is 1. The second kappa shape index (κ2) is 9.63. The van der Waals surface area contributed by atoms with E-state index in [0.717, 1.165) is 6.07 Å². The van der Waals surface area contributed by atoms with Crippen LogP contribution in [0.15, 0.2) is 12.1 Å². The highest BCUT2D eigenvalue weighted by atomic mass is 19.4. The number of nitrogens with two attached hydrogens (primary N) is 1. The van der Waals surface area contributed by atoms with E-state index in [4.69, 9.17) is 15.2 Å². The minimum absolute atomic E-state index is 0.00429. The highest BCUT2D eigenvalue weighted by Gasteiger charge is 2.33. The number of anilines is 1. The van der Waals surface area contributed by atoms with Gasteiger partial charge in [0.2, 0.25) is 0 Å². The van der Waals surface area contributed by atoms with Gasteiger partial charge in [-0.1, -0.05) is 0 Å². The summed E-state index contributed by atoms with van der Waals surface area (Å²) < 4.78 is 53.1. The first-order valence-electron chi connectivity index (χ1n) is 9.84. The third kappa shape index (κ3) is 7.50. The van der Waals surface area contributed by atoms with Crippen molar-refractivity contribution in [3.63, 3.8) is 0 Å². The molecule has 0 atom stereocenters. The Morgan fingerprint density at radius 2 is 1.71 bits per heavy atom. The molecular formula is C20H28F3N3O5. The third-order valence-corrected chi connectivity index (χ3v) is 4.37. The Balaban J connectivity index is 2.14. The molecule has 0 radical (unpaired) electrons. The van der Waals surface area contributed by atoms with E-state index in [1.807, 2.05) is 4.90 Å². The predicted molar refractivity (Wildman–Crippen MR) is 107 cm³/mol. The molecule has 1 aliphatic rings. The molecule has 1 amide bonds. The van der Waals surface area contributed by atoms with E-state index in [2.05, 4.69) is 4.74 Å². The van der Waals surface area contributed by atoms with Crippen molar-refractivity contribution in [3.05, 3.63) is 23.3 Å². The average Bonchev–Trinajstić information content (AvgIpc) is 2.62. The summed E-state index contributed by atoms with van der Waals surface area (Å²) in [6.45, 7) is 8.61. The minimum Gasteiger partial charge on any atom is -0.462 e. The fourth-order valence-corrected chi connectivity index (χ4v) is 3.03. The third-order valence-electron chi connectivity index (χ3n) is 4.37. The molecule has 8 nitrogen and oxygen atoms in total. The van der Waals surface area contributed by atoms with Gasteiger partial charge in [-0.2, -0.15) is 0 Å². The van der Waals surface area contributed by atoms with Crippen molar-refractivity contribution < 1.29 is 37.0 Å². The molecule has 0 aliphatic carbocycles. The van der Waals surface area contributed by atoms with Gasteiger partial charge in [0.15, 0.2) is 0 Å². The summed E-state index contributed by atoms with van der Waals surface area (Å²) in [7, 11) is 0. The van der Waals surface area contributed by atoms with Gasteiger partial charge in [0.1, 0.15) is 11.4 Å². The molecule has 31 heavy (non-hydrogen) atoms. The summed E-state index contributed by atoms with van der Waals surface area (Å²) in [6.07, 6.45) is -5.37. The Hall–Kier alpha value is -2.69. The van der Waals surface area contributed by atoms with Crippen LogP contribution in [0.3, 0.4) is 0 Å². The second-order valence-electron chi connectivity index (χ2n) is 8.06. The van der Waals surface area contributed by atoms with Gasteiger partial charge in [0, 0.05) is 44.0 Å². The number of carbonyl (C=O) groups is 2. The first-order valence-corrected chi connectivity index (χ1v) is 9.84. The number of rotatable bonds is 5. The van der Waals surface area contributed by atoms with Crippen molar-refractivity contribution in [1.82, 2.24) is 9.80 Å². The number of halogens is 3. The van der Waals surface area contributed by atoms with Gasteiger partial charge in [0.25, 0.3) is 0 Å². The molecule has 0 spiro atoms. The lowest BCUT2D eigenvalue weighted by Crippen LogP contribution is -2.49. The lowest BCUT2D eigenvalue weighted by molar-refractivity contribution is -0.275. The fourth-order valence-electron chi connectivity index (χ4n) is 3.03. The molecule has 1 heterocycles. The zero-order chi connectivity index (χ0) is 23.4. The Labute approximate surface area is 179 Å². The summed E-state index contributed by atoms with van der Waals surface area (Å²) in [5.74, 6) is -1.34. The van der Waals surface area contributed by atoms with E-state index in [0.29, 0.717) is 26.2 Å². The van der Waals surface area contributed by atoms with E-state index >= 15 is 0 Å². The topological polar surface area (TPSA) is 94.3 Å². The number of hydrogen-bond acceptors (Lipinski definition) is 7. The number of nitrogen functional groups attached to an aromatic ring is 1. The Bertz CT molecular complexity index is 800. The zero-order valence-electron chi connectivity index (χ0n) is 18.0. The molecule has 1 aliphatic heterocycles.